The molecule has 0 bridgehead atoms. The van der Waals surface area contributed by atoms with Crippen molar-refractivity contribution in [3.8, 4) is 27.9 Å². The first-order chi connectivity index (χ1) is 24.5. The van der Waals surface area contributed by atoms with Crippen molar-refractivity contribution in [1.29, 1.82) is 0 Å². The van der Waals surface area contributed by atoms with E-state index in [-0.39, 0.29) is 11.6 Å². The topological polar surface area (TPSA) is 11.4 Å². The molecule has 7 aromatic carbocycles. The van der Waals surface area contributed by atoms with Gasteiger partial charge >= 0.3 is 0 Å². The average molecular weight is 644 g/mol. The highest BCUT2D eigenvalue weighted by molar-refractivity contribution is 6.14. The third kappa shape index (κ3) is 4.04. The number of hydrogen-bond acceptors (Lipinski definition) is 2. The Labute approximate surface area is 293 Å². The van der Waals surface area contributed by atoms with Crippen molar-refractivity contribution in [1.82, 2.24) is 4.57 Å². The fourth-order valence-corrected chi connectivity index (χ4v) is 8.88. The van der Waals surface area contributed by atoms with Crippen LogP contribution in [-0.2, 0) is 5.41 Å². The molecular formula is C47H37N3. The number of fused-ring (bicyclic) bond motifs is 8. The third-order valence-corrected chi connectivity index (χ3v) is 11.2. The molecule has 0 amide bonds. The molecule has 1 aliphatic heterocycles. The summed E-state index contributed by atoms with van der Waals surface area (Å²) in [5.41, 5.74) is 16.5. The highest BCUT2D eigenvalue weighted by Crippen LogP contribution is 2.53. The fraction of sp³-hybridized carbons (Fsp3) is 0.106. The summed E-state index contributed by atoms with van der Waals surface area (Å²) in [6.07, 6.45) is 0.0600. The molecule has 0 spiro atoms. The van der Waals surface area contributed by atoms with Crippen LogP contribution < -0.4 is 9.80 Å². The number of hydrogen-bond donors (Lipinski definition) is 0. The molecule has 50 heavy (non-hydrogen) atoms. The van der Waals surface area contributed by atoms with Gasteiger partial charge in [0.2, 0.25) is 0 Å². The van der Waals surface area contributed by atoms with E-state index in [9.17, 15) is 0 Å². The summed E-state index contributed by atoms with van der Waals surface area (Å²) < 4.78 is 2.50. The molecule has 2 heterocycles. The monoisotopic (exact) mass is 643 g/mol. The highest BCUT2D eigenvalue weighted by atomic mass is 15.4. The standard InChI is InChI=1S/C47H37N3/c1-47(2)40-19-11-10-18-36(40)37-27-28-38-39-30-33(26-29-41(39)49(45(38)44(37)47)34-14-6-4-7-15-34)31-22-24-32(25-23-31)46-48(3)42-20-12-13-21-43(42)50(46)35-16-8-5-9-17-35/h4-30,46H,1-3H3. The van der Waals surface area contributed by atoms with Crippen LogP contribution in [0.5, 0.6) is 0 Å². The van der Waals surface area contributed by atoms with Gasteiger partial charge in [0, 0.05) is 34.6 Å². The van der Waals surface area contributed by atoms with Gasteiger partial charge in [-0.05, 0) is 87.5 Å². The normalized spacial score (nSPS) is 15.8. The third-order valence-electron chi connectivity index (χ3n) is 11.2. The van der Waals surface area contributed by atoms with E-state index in [4.69, 9.17) is 0 Å². The second-order valence-electron chi connectivity index (χ2n) is 14.3. The van der Waals surface area contributed by atoms with E-state index in [1.54, 1.807) is 0 Å². The largest absolute Gasteiger partial charge is 0.349 e. The Morgan fingerprint density at radius 2 is 1.16 bits per heavy atom. The minimum absolute atomic E-state index is 0.0600. The van der Waals surface area contributed by atoms with Gasteiger partial charge in [-0.1, -0.05) is 129 Å². The van der Waals surface area contributed by atoms with Gasteiger partial charge in [-0.15, -0.1) is 0 Å². The SMILES string of the molecule is CN1c2ccccc2N(c2ccccc2)C1c1ccc(-c2ccc3c(c2)c2ccc4c(c2n3-c2ccccc2)C(C)(C)c2ccccc2-4)cc1. The molecule has 0 saturated carbocycles. The smallest absolute Gasteiger partial charge is 0.132 e. The predicted molar refractivity (Wildman–Crippen MR) is 210 cm³/mol. The predicted octanol–water partition coefficient (Wildman–Crippen LogP) is 12.0. The van der Waals surface area contributed by atoms with E-state index in [2.05, 4.69) is 199 Å². The Morgan fingerprint density at radius 3 is 1.92 bits per heavy atom. The van der Waals surface area contributed by atoms with E-state index in [0.29, 0.717) is 0 Å². The second kappa shape index (κ2) is 10.7. The van der Waals surface area contributed by atoms with E-state index in [1.165, 1.54) is 83.5 Å². The summed E-state index contributed by atoms with van der Waals surface area (Å²) in [5, 5.41) is 2.58. The van der Waals surface area contributed by atoms with Crippen molar-refractivity contribution in [3.63, 3.8) is 0 Å². The zero-order valence-corrected chi connectivity index (χ0v) is 28.5. The maximum atomic E-state index is 2.50. The first-order valence-corrected chi connectivity index (χ1v) is 17.5. The van der Waals surface area contributed by atoms with Gasteiger partial charge in [0.15, 0.2) is 0 Å². The lowest BCUT2D eigenvalue weighted by Gasteiger charge is -2.31. The highest BCUT2D eigenvalue weighted by Gasteiger charge is 2.39. The van der Waals surface area contributed by atoms with Crippen LogP contribution in [0.4, 0.5) is 17.1 Å². The van der Waals surface area contributed by atoms with Crippen LogP contribution in [0.25, 0.3) is 49.7 Å². The fourth-order valence-electron chi connectivity index (χ4n) is 8.88. The summed E-state index contributed by atoms with van der Waals surface area (Å²) in [6.45, 7) is 4.77. The summed E-state index contributed by atoms with van der Waals surface area (Å²) in [5.74, 6) is 0. The zero-order chi connectivity index (χ0) is 33.6. The number of anilines is 3. The molecule has 0 fully saturated rings. The minimum atomic E-state index is -0.119. The molecule has 10 rings (SSSR count). The Balaban J connectivity index is 1.11. The molecule has 3 heteroatoms. The molecule has 0 radical (unpaired) electrons. The molecule has 2 aliphatic rings. The number of para-hydroxylation sites is 4. The zero-order valence-electron chi connectivity index (χ0n) is 28.5. The van der Waals surface area contributed by atoms with Crippen LogP contribution in [0.3, 0.4) is 0 Å². The minimum Gasteiger partial charge on any atom is -0.349 e. The second-order valence-corrected chi connectivity index (χ2v) is 14.3. The maximum absolute atomic E-state index is 2.50. The molecule has 1 unspecified atom stereocenters. The number of aromatic nitrogens is 1. The lowest BCUT2D eigenvalue weighted by Crippen LogP contribution is -2.30. The van der Waals surface area contributed by atoms with Crippen LogP contribution >= 0.6 is 0 Å². The summed E-state index contributed by atoms with van der Waals surface area (Å²) in [4.78, 5) is 4.84. The molecule has 1 atom stereocenters. The van der Waals surface area contributed by atoms with Crippen molar-refractivity contribution >= 4 is 38.9 Å². The molecule has 0 N–H and O–H groups in total. The van der Waals surface area contributed by atoms with Crippen LogP contribution in [-0.4, -0.2) is 11.6 Å². The summed E-state index contributed by atoms with van der Waals surface area (Å²) >= 11 is 0. The quantitative estimate of drug-likeness (QED) is 0.189. The molecule has 0 saturated heterocycles. The van der Waals surface area contributed by atoms with Crippen molar-refractivity contribution in [2.75, 3.05) is 16.8 Å². The van der Waals surface area contributed by atoms with Gasteiger partial charge in [0.05, 0.1) is 22.4 Å². The summed E-state index contributed by atoms with van der Waals surface area (Å²) in [6, 6.07) is 60.2. The van der Waals surface area contributed by atoms with Crippen molar-refractivity contribution < 1.29 is 0 Å². The molecule has 3 nitrogen and oxygen atoms in total. The van der Waals surface area contributed by atoms with Crippen molar-refractivity contribution in [2.24, 2.45) is 0 Å². The van der Waals surface area contributed by atoms with Gasteiger partial charge in [-0.3, -0.25) is 0 Å². The van der Waals surface area contributed by atoms with Crippen LogP contribution in [0.1, 0.15) is 36.7 Å². The van der Waals surface area contributed by atoms with Gasteiger partial charge in [-0.25, -0.2) is 0 Å². The Morgan fingerprint density at radius 1 is 0.520 bits per heavy atom. The number of nitrogens with zero attached hydrogens (tertiary/aromatic N) is 3. The van der Waals surface area contributed by atoms with Crippen molar-refractivity contribution in [3.05, 3.63) is 180 Å². The van der Waals surface area contributed by atoms with Crippen molar-refractivity contribution in [2.45, 2.75) is 25.4 Å². The Bertz CT molecular complexity index is 2580. The first-order valence-electron chi connectivity index (χ1n) is 17.5. The van der Waals surface area contributed by atoms with Crippen LogP contribution in [0.2, 0.25) is 0 Å². The van der Waals surface area contributed by atoms with Gasteiger partial charge in [-0.2, -0.15) is 0 Å². The van der Waals surface area contributed by atoms with Crippen LogP contribution in [0, 0.1) is 0 Å². The van der Waals surface area contributed by atoms with Gasteiger partial charge in [0.1, 0.15) is 6.17 Å². The van der Waals surface area contributed by atoms with E-state index >= 15 is 0 Å². The lowest BCUT2D eigenvalue weighted by molar-refractivity contribution is 0.664. The number of benzene rings is 7. The van der Waals surface area contributed by atoms with E-state index in [1.807, 2.05) is 0 Å². The molecule has 8 aromatic rings. The van der Waals surface area contributed by atoms with Gasteiger partial charge < -0.3 is 14.4 Å². The lowest BCUT2D eigenvalue weighted by atomic mass is 9.81. The summed E-state index contributed by atoms with van der Waals surface area (Å²) in [7, 11) is 2.20. The molecule has 240 valence electrons. The Hall–Kier alpha value is -6.06. The molecular weight excluding hydrogens is 607 g/mol. The van der Waals surface area contributed by atoms with E-state index < -0.39 is 0 Å². The maximum Gasteiger partial charge on any atom is 0.132 e. The average Bonchev–Trinajstić information content (AvgIpc) is 3.74. The first kappa shape index (κ1) is 28.9. The Kier molecular flexibility index (Phi) is 6.20. The molecule has 1 aliphatic carbocycles. The van der Waals surface area contributed by atoms with Crippen LogP contribution in [0.15, 0.2) is 164 Å². The number of rotatable bonds is 4. The van der Waals surface area contributed by atoms with Gasteiger partial charge in [0.25, 0.3) is 0 Å². The van der Waals surface area contributed by atoms with E-state index in [0.717, 1.165) is 0 Å². The molecule has 1 aromatic heterocycles.